The molecule has 1 aliphatic heterocycles. The topological polar surface area (TPSA) is 111 Å². The molecule has 1 fully saturated rings. The standard InChI is InChI=1S/C23H31ClN2O7S/c1-7-16(28)32-20-17(25-15(27)13-31-14-11-9-8-10-12-14)19(29)26(20)18(23(5,6)34-24)21(30)33-22(2,3)4/h8-12,17-18,20H,7,13H2,1-6H3,(H,25,27). The molecule has 188 valence electrons. The van der Waals surface area contributed by atoms with Gasteiger partial charge in [0.15, 0.2) is 12.6 Å². The molecule has 11 heteroatoms. The van der Waals surface area contributed by atoms with Crippen LogP contribution in [0.1, 0.15) is 48.0 Å². The zero-order chi connectivity index (χ0) is 25.7. The number of carbonyl (C=O) groups excluding carboxylic acids is 4. The minimum Gasteiger partial charge on any atom is -0.484 e. The fraction of sp³-hybridized carbons (Fsp3) is 0.565. The first-order valence-corrected chi connectivity index (χ1v) is 12.5. The van der Waals surface area contributed by atoms with Gasteiger partial charge in [-0.25, -0.2) is 4.79 Å². The Morgan fingerprint density at radius 3 is 2.29 bits per heavy atom. The maximum Gasteiger partial charge on any atom is 0.331 e. The van der Waals surface area contributed by atoms with Gasteiger partial charge in [0.2, 0.25) is 6.23 Å². The van der Waals surface area contributed by atoms with E-state index in [9.17, 15) is 19.2 Å². The van der Waals surface area contributed by atoms with Crippen LogP contribution in [0.2, 0.25) is 0 Å². The predicted octanol–water partition coefficient (Wildman–Crippen LogP) is 3.05. The number of β-lactam (4-membered cyclic amide) rings is 1. The van der Waals surface area contributed by atoms with Gasteiger partial charge in [-0.2, -0.15) is 0 Å². The Morgan fingerprint density at radius 1 is 1.15 bits per heavy atom. The highest BCUT2D eigenvalue weighted by Gasteiger charge is 2.59. The molecule has 0 saturated carbocycles. The number of nitrogens with zero attached hydrogens (tertiary/aromatic N) is 1. The fourth-order valence-corrected chi connectivity index (χ4v) is 3.80. The smallest absolute Gasteiger partial charge is 0.331 e. The number of carbonyl (C=O) groups is 4. The molecule has 1 aromatic rings. The Morgan fingerprint density at radius 2 is 1.76 bits per heavy atom. The van der Waals surface area contributed by atoms with Gasteiger partial charge in [0.05, 0.1) is 4.75 Å². The summed E-state index contributed by atoms with van der Waals surface area (Å²) in [6, 6.07) is 6.35. The summed E-state index contributed by atoms with van der Waals surface area (Å²) < 4.78 is 15.4. The van der Waals surface area contributed by atoms with Gasteiger partial charge < -0.3 is 19.5 Å². The second-order valence-electron chi connectivity index (χ2n) is 9.24. The molecule has 0 aromatic heterocycles. The summed E-state index contributed by atoms with van der Waals surface area (Å²) in [5.41, 5.74) is -0.825. The van der Waals surface area contributed by atoms with Crippen LogP contribution in [0.25, 0.3) is 0 Å². The molecule has 1 heterocycles. The van der Waals surface area contributed by atoms with Gasteiger partial charge in [-0.05, 0) is 68.4 Å². The lowest BCUT2D eigenvalue weighted by molar-refractivity contribution is -0.206. The van der Waals surface area contributed by atoms with Gasteiger partial charge in [0.1, 0.15) is 17.4 Å². The third-order valence-electron chi connectivity index (χ3n) is 4.82. The first kappa shape index (κ1) is 27.8. The van der Waals surface area contributed by atoms with E-state index in [1.165, 1.54) is 0 Å². The Balaban J connectivity index is 2.24. The van der Waals surface area contributed by atoms with Crippen molar-refractivity contribution in [3.8, 4) is 5.75 Å². The number of esters is 2. The molecule has 0 aliphatic carbocycles. The van der Waals surface area contributed by atoms with Crippen molar-refractivity contribution >= 4 is 45.4 Å². The third-order valence-corrected chi connectivity index (χ3v) is 6.63. The highest BCUT2D eigenvalue weighted by molar-refractivity contribution is 8.22. The molecule has 0 spiro atoms. The van der Waals surface area contributed by atoms with Crippen molar-refractivity contribution in [2.24, 2.45) is 0 Å². The van der Waals surface area contributed by atoms with Crippen LogP contribution in [0.3, 0.4) is 0 Å². The molecule has 0 bridgehead atoms. The van der Waals surface area contributed by atoms with Gasteiger partial charge in [-0.1, -0.05) is 25.1 Å². The Kier molecular flexibility index (Phi) is 9.24. The van der Waals surface area contributed by atoms with Gasteiger partial charge >= 0.3 is 11.9 Å². The van der Waals surface area contributed by atoms with Gasteiger partial charge in [0, 0.05) is 6.42 Å². The van der Waals surface area contributed by atoms with Crippen molar-refractivity contribution in [1.82, 2.24) is 10.2 Å². The first-order valence-electron chi connectivity index (χ1n) is 10.8. The Labute approximate surface area is 208 Å². The van der Waals surface area contributed by atoms with E-state index in [2.05, 4.69) is 5.32 Å². The molecule has 1 N–H and O–H groups in total. The summed E-state index contributed by atoms with van der Waals surface area (Å²) in [7, 11) is 6.90. The highest BCUT2D eigenvalue weighted by atomic mass is 35.7. The number of ether oxygens (including phenoxy) is 3. The number of likely N-dealkylation sites (tertiary alicyclic amines) is 1. The summed E-state index contributed by atoms with van der Waals surface area (Å²) in [4.78, 5) is 51.9. The van der Waals surface area contributed by atoms with Crippen LogP contribution in [0.5, 0.6) is 5.75 Å². The maximum atomic E-state index is 13.1. The molecule has 34 heavy (non-hydrogen) atoms. The maximum absolute atomic E-state index is 13.1. The molecule has 2 amide bonds. The summed E-state index contributed by atoms with van der Waals surface area (Å²) in [5, 5.41) is 2.53. The molecular formula is C23H31ClN2O7S. The Bertz CT molecular complexity index is 904. The summed E-state index contributed by atoms with van der Waals surface area (Å²) in [6.45, 7) is 9.69. The average molecular weight is 515 g/mol. The predicted molar refractivity (Wildman–Crippen MR) is 128 cm³/mol. The number of halogens is 1. The van der Waals surface area contributed by atoms with E-state index in [4.69, 9.17) is 24.9 Å². The molecule has 2 rings (SSSR count). The van der Waals surface area contributed by atoms with E-state index < -0.39 is 52.4 Å². The first-order chi connectivity index (χ1) is 15.8. The normalized spacial score (nSPS) is 19.0. The quantitative estimate of drug-likeness (QED) is 0.374. The Hall–Kier alpha value is -2.46. The monoisotopic (exact) mass is 514 g/mol. The molecule has 1 aliphatic rings. The van der Waals surface area contributed by atoms with Crippen molar-refractivity contribution in [3.05, 3.63) is 30.3 Å². The summed E-state index contributed by atoms with van der Waals surface area (Å²) >= 11 is 0. The van der Waals surface area contributed by atoms with Crippen LogP contribution in [0.4, 0.5) is 0 Å². The number of hydrogen-bond acceptors (Lipinski definition) is 8. The molecule has 3 atom stereocenters. The van der Waals surface area contributed by atoms with Gasteiger partial charge in [-0.15, -0.1) is 0 Å². The van der Waals surface area contributed by atoms with Crippen molar-refractivity contribution in [3.63, 3.8) is 0 Å². The molecule has 3 unspecified atom stereocenters. The van der Waals surface area contributed by atoms with Crippen LogP contribution in [-0.2, 0) is 28.7 Å². The minimum absolute atomic E-state index is 0.0427. The number of benzene rings is 1. The van der Waals surface area contributed by atoms with E-state index in [1.807, 2.05) is 6.07 Å². The average Bonchev–Trinajstić information content (AvgIpc) is 2.77. The van der Waals surface area contributed by atoms with E-state index in [1.54, 1.807) is 65.8 Å². The zero-order valence-corrected chi connectivity index (χ0v) is 21.7. The van der Waals surface area contributed by atoms with Crippen molar-refractivity contribution < 1.29 is 33.4 Å². The molecule has 0 radical (unpaired) electrons. The second kappa shape index (κ2) is 11.3. The van der Waals surface area contributed by atoms with Crippen molar-refractivity contribution in [2.45, 2.75) is 76.6 Å². The second-order valence-corrected chi connectivity index (χ2v) is 10.9. The van der Waals surface area contributed by atoms with Gasteiger partial charge in [-0.3, -0.25) is 19.3 Å². The molecule has 1 saturated heterocycles. The van der Waals surface area contributed by atoms with E-state index >= 15 is 0 Å². The van der Waals surface area contributed by atoms with Crippen molar-refractivity contribution in [1.29, 1.82) is 0 Å². The number of para-hydroxylation sites is 1. The number of hydrogen-bond donors (Lipinski definition) is 1. The van der Waals surface area contributed by atoms with Crippen LogP contribution in [0.15, 0.2) is 30.3 Å². The molecular weight excluding hydrogens is 484 g/mol. The van der Waals surface area contributed by atoms with E-state index in [0.717, 1.165) is 15.9 Å². The summed E-state index contributed by atoms with van der Waals surface area (Å²) in [6.07, 6.45) is -1.16. The number of nitrogens with one attached hydrogen (secondary N) is 1. The van der Waals surface area contributed by atoms with E-state index in [0.29, 0.717) is 5.75 Å². The minimum atomic E-state index is -1.21. The van der Waals surface area contributed by atoms with Crippen molar-refractivity contribution in [2.75, 3.05) is 6.61 Å². The number of amides is 2. The lowest BCUT2D eigenvalue weighted by atomic mass is 9.93. The SMILES string of the molecule is CCC(=O)OC1C(NC(=O)COc2ccccc2)C(=O)N1C(C(=O)OC(C)(C)C)C(C)(C)SCl. The third kappa shape index (κ3) is 7.02. The largest absolute Gasteiger partial charge is 0.484 e. The van der Waals surface area contributed by atoms with Crippen LogP contribution in [0, 0.1) is 0 Å². The lowest BCUT2D eigenvalue weighted by Gasteiger charge is -2.51. The van der Waals surface area contributed by atoms with Crippen LogP contribution >= 0.6 is 21.7 Å². The summed E-state index contributed by atoms with van der Waals surface area (Å²) in [5.74, 6) is -2.00. The highest BCUT2D eigenvalue weighted by Crippen LogP contribution is 2.40. The van der Waals surface area contributed by atoms with Crippen LogP contribution in [-0.4, -0.2) is 63.9 Å². The number of rotatable bonds is 10. The lowest BCUT2D eigenvalue weighted by Crippen LogP contribution is -2.77. The molecule has 1 aromatic carbocycles. The molecule has 9 nitrogen and oxygen atoms in total. The zero-order valence-electron chi connectivity index (χ0n) is 20.1. The van der Waals surface area contributed by atoms with E-state index in [-0.39, 0.29) is 13.0 Å². The van der Waals surface area contributed by atoms with Crippen LogP contribution < -0.4 is 10.1 Å². The fourth-order valence-electron chi connectivity index (χ4n) is 3.25. The van der Waals surface area contributed by atoms with Gasteiger partial charge in [0.25, 0.3) is 11.8 Å².